The third-order valence-corrected chi connectivity index (χ3v) is 6.34. The van der Waals surface area contributed by atoms with E-state index in [9.17, 15) is 17.2 Å². The van der Waals surface area contributed by atoms with Crippen molar-refractivity contribution < 1.29 is 21.9 Å². The summed E-state index contributed by atoms with van der Waals surface area (Å²) in [6.07, 6.45) is 0. The van der Waals surface area contributed by atoms with Gasteiger partial charge in [-0.15, -0.1) is 0 Å². The van der Waals surface area contributed by atoms with Crippen molar-refractivity contribution in [3.8, 4) is 5.75 Å². The Hall–Kier alpha value is -2.03. The van der Waals surface area contributed by atoms with E-state index < -0.39 is 21.7 Å². The highest BCUT2D eigenvalue weighted by Gasteiger charge is 2.30. The average molecular weight is 382 g/mol. The van der Waals surface area contributed by atoms with Crippen LogP contribution in [0.15, 0.2) is 47.4 Å². The van der Waals surface area contributed by atoms with E-state index in [0.29, 0.717) is 19.6 Å². The van der Waals surface area contributed by atoms with Crippen LogP contribution >= 0.6 is 0 Å². The fourth-order valence-corrected chi connectivity index (χ4v) is 4.47. The molecule has 0 N–H and O–H groups in total. The highest BCUT2D eigenvalue weighted by molar-refractivity contribution is 7.89. The number of hydrogen-bond donors (Lipinski definition) is 0. The Labute approximate surface area is 151 Å². The number of sulfonamides is 1. The molecular weight excluding hydrogens is 362 g/mol. The summed E-state index contributed by atoms with van der Waals surface area (Å²) in [5, 5.41) is 0. The second kappa shape index (κ2) is 7.69. The molecule has 1 aliphatic rings. The van der Waals surface area contributed by atoms with Gasteiger partial charge in [0.05, 0.1) is 7.11 Å². The minimum absolute atomic E-state index is 0.189. The first-order valence-electron chi connectivity index (χ1n) is 8.21. The predicted molar refractivity (Wildman–Crippen MR) is 93.4 cm³/mol. The second-order valence-electron chi connectivity index (χ2n) is 6.08. The monoisotopic (exact) mass is 382 g/mol. The van der Waals surface area contributed by atoms with Crippen LogP contribution in [0.5, 0.6) is 5.75 Å². The molecular formula is C18H20F2N2O3S. The summed E-state index contributed by atoms with van der Waals surface area (Å²) in [6, 6.07) is 10.2. The van der Waals surface area contributed by atoms with Crippen molar-refractivity contribution in [1.82, 2.24) is 9.21 Å². The first-order chi connectivity index (χ1) is 12.4. The zero-order valence-electron chi connectivity index (χ0n) is 14.4. The fourth-order valence-electron chi connectivity index (χ4n) is 2.99. The number of methoxy groups -OCH3 is 1. The summed E-state index contributed by atoms with van der Waals surface area (Å²) >= 11 is 0. The predicted octanol–water partition coefficient (Wildman–Crippen LogP) is 2.48. The van der Waals surface area contributed by atoms with Gasteiger partial charge in [-0.25, -0.2) is 17.2 Å². The lowest BCUT2D eigenvalue weighted by Crippen LogP contribution is -2.48. The maximum atomic E-state index is 13.8. The summed E-state index contributed by atoms with van der Waals surface area (Å²) in [5.74, 6) is -0.982. The molecule has 8 heteroatoms. The van der Waals surface area contributed by atoms with E-state index in [-0.39, 0.29) is 23.7 Å². The molecule has 1 heterocycles. The lowest BCUT2D eigenvalue weighted by Gasteiger charge is -2.34. The fraction of sp³-hybridized carbons (Fsp3) is 0.333. The number of hydrogen-bond acceptors (Lipinski definition) is 4. The Balaban J connectivity index is 1.64. The van der Waals surface area contributed by atoms with Crippen molar-refractivity contribution in [2.75, 3.05) is 33.3 Å². The lowest BCUT2D eigenvalue weighted by molar-refractivity contribution is 0.181. The molecule has 1 saturated heterocycles. The number of piperazine rings is 1. The Kier molecular flexibility index (Phi) is 5.55. The van der Waals surface area contributed by atoms with Crippen LogP contribution in [0.25, 0.3) is 0 Å². The van der Waals surface area contributed by atoms with E-state index in [1.807, 2.05) is 4.90 Å². The van der Waals surface area contributed by atoms with Crippen LogP contribution < -0.4 is 4.74 Å². The summed E-state index contributed by atoms with van der Waals surface area (Å²) < 4.78 is 59.0. The second-order valence-corrected chi connectivity index (χ2v) is 7.99. The normalized spacial score (nSPS) is 16.6. The first kappa shape index (κ1) is 18.8. The average Bonchev–Trinajstić information content (AvgIpc) is 2.62. The smallest absolute Gasteiger partial charge is 0.246 e. The lowest BCUT2D eigenvalue weighted by atomic mass is 10.2. The number of ether oxygens (including phenoxy) is 1. The molecule has 0 amide bonds. The van der Waals surface area contributed by atoms with Gasteiger partial charge in [-0.2, -0.15) is 4.31 Å². The van der Waals surface area contributed by atoms with Gasteiger partial charge in [-0.1, -0.05) is 18.2 Å². The van der Waals surface area contributed by atoms with E-state index in [0.717, 1.165) is 11.6 Å². The molecule has 1 aliphatic heterocycles. The van der Waals surface area contributed by atoms with E-state index in [4.69, 9.17) is 4.74 Å². The molecule has 0 radical (unpaired) electrons. The standard InChI is InChI=1S/C18H20F2N2O3S/c1-25-17-7-6-14(12-16(17)20)13-21-8-10-22(11-9-21)26(23,24)18-5-3-2-4-15(18)19/h2-7,12H,8-11,13H2,1H3. The van der Waals surface area contributed by atoms with Gasteiger partial charge in [0.2, 0.25) is 10.0 Å². The molecule has 140 valence electrons. The Morgan fingerprint density at radius 3 is 2.31 bits per heavy atom. The van der Waals surface area contributed by atoms with E-state index in [1.165, 1.54) is 35.7 Å². The van der Waals surface area contributed by atoms with Crippen LogP contribution in [0.4, 0.5) is 8.78 Å². The van der Waals surface area contributed by atoms with Gasteiger partial charge in [-0.3, -0.25) is 4.90 Å². The maximum Gasteiger partial charge on any atom is 0.246 e. The maximum absolute atomic E-state index is 13.8. The van der Waals surface area contributed by atoms with Crippen molar-refractivity contribution >= 4 is 10.0 Å². The minimum Gasteiger partial charge on any atom is -0.494 e. The summed E-state index contributed by atoms with van der Waals surface area (Å²) in [7, 11) is -2.44. The number of nitrogens with zero attached hydrogens (tertiary/aromatic N) is 2. The number of benzene rings is 2. The van der Waals surface area contributed by atoms with Gasteiger partial charge in [0.1, 0.15) is 10.7 Å². The zero-order chi connectivity index (χ0) is 18.7. The largest absolute Gasteiger partial charge is 0.494 e. The van der Waals surface area contributed by atoms with Crippen LogP contribution in [-0.4, -0.2) is 50.9 Å². The van der Waals surface area contributed by atoms with Crippen LogP contribution in [0.1, 0.15) is 5.56 Å². The SMILES string of the molecule is COc1ccc(CN2CCN(S(=O)(=O)c3ccccc3F)CC2)cc1F. The Morgan fingerprint density at radius 1 is 1.00 bits per heavy atom. The number of rotatable bonds is 5. The highest BCUT2D eigenvalue weighted by atomic mass is 32.2. The molecule has 1 fully saturated rings. The van der Waals surface area contributed by atoms with Gasteiger partial charge in [0, 0.05) is 32.7 Å². The molecule has 0 atom stereocenters. The van der Waals surface area contributed by atoms with Crippen molar-refractivity contribution in [2.45, 2.75) is 11.4 Å². The highest BCUT2D eigenvalue weighted by Crippen LogP contribution is 2.22. The molecule has 2 aromatic carbocycles. The molecule has 5 nitrogen and oxygen atoms in total. The van der Waals surface area contributed by atoms with E-state index in [1.54, 1.807) is 12.1 Å². The van der Waals surface area contributed by atoms with Gasteiger partial charge in [0.25, 0.3) is 0 Å². The van der Waals surface area contributed by atoms with Gasteiger partial charge >= 0.3 is 0 Å². The number of halogens is 2. The van der Waals surface area contributed by atoms with E-state index in [2.05, 4.69) is 0 Å². The third-order valence-electron chi connectivity index (χ3n) is 4.41. The van der Waals surface area contributed by atoms with Crippen molar-refractivity contribution in [1.29, 1.82) is 0 Å². The van der Waals surface area contributed by atoms with Crippen LogP contribution in [0.2, 0.25) is 0 Å². The van der Waals surface area contributed by atoms with Gasteiger partial charge < -0.3 is 4.74 Å². The Bertz CT molecular complexity index is 882. The van der Waals surface area contributed by atoms with Gasteiger partial charge in [0.15, 0.2) is 11.6 Å². The van der Waals surface area contributed by atoms with Crippen LogP contribution in [0, 0.1) is 11.6 Å². The minimum atomic E-state index is -3.85. The van der Waals surface area contributed by atoms with Crippen molar-refractivity contribution in [3.05, 3.63) is 59.7 Å². The van der Waals surface area contributed by atoms with Gasteiger partial charge in [-0.05, 0) is 29.8 Å². The van der Waals surface area contributed by atoms with Crippen molar-refractivity contribution in [3.63, 3.8) is 0 Å². The van der Waals surface area contributed by atoms with E-state index >= 15 is 0 Å². The van der Waals surface area contributed by atoms with Crippen LogP contribution in [-0.2, 0) is 16.6 Å². The Morgan fingerprint density at radius 2 is 1.69 bits per heavy atom. The molecule has 0 saturated carbocycles. The quantitative estimate of drug-likeness (QED) is 0.797. The topological polar surface area (TPSA) is 49.9 Å². The van der Waals surface area contributed by atoms with Crippen molar-refractivity contribution in [2.24, 2.45) is 0 Å². The summed E-state index contributed by atoms with van der Waals surface area (Å²) in [5.41, 5.74) is 0.786. The molecule has 3 rings (SSSR count). The third kappa shape index (κ3) is 3.87. The molecule has 0 spiro atoms. The first-order valence-corrected chi connectivity index (χ1v) is 9.65. The molecule has 0 bridgehead atoms. The summed E-state index contributed by atoms with van der Waals surface area (Å²) in [6.45, 7) is 2.00. The van der Waals surface area contributed by atoms with Crippen LogP contribution in [0.3, 0.4) is 0 Å². The zero-order valence-corrected chi connectivity index (χ0v) is 15.2. The molecule has 0 unspecified atom stereocenters. The molecule has 26 heavy (non-hydrogen) atoms. The molecule has 0 aromatic heterocycles. The summed E-state index contributed by atoms with van der Waals surface area (Å²) in [4.78, 5) is 1.74. The molecule has 2 aromatic rings. The molecule has 0 aliphatic carbocycles.